The van der Waals surface area contributed by atoms with Gasteiger partial charge in [-0.25, -0.2) is 14.6 Å². The molecular weight excluding hydrogens is 471 g/mol. The second-order valence-corrected chi connectivity index (χ2v) is 9.53. The molecule has 0 aromatic carbocycles. The molecule has 3 N–H and O–H groups in total. The molecule has 28 heavy (non-hydrogen) atoms. The molecule has 8 nitrogen and oxygen atoms in total. The van der Waals surface area contributed by atoms with Gasteiger partial charge in [0.25, 0.3) is 0 Å². The zero-order chi connectivity index (χ0) is 19.3. The van der Waals surface area contributed by atoms with Crippen molar-refractivity contribution in [2.45, 2.75) is 63.3 Å². The maximum Gasteiger partial charge on any atom is 0.182 e. The third-order valence-electron chi connectivity index (χ3n) is 6.82. The molecule has 3 fully saturated rings. The Labute approximate surface area is 178 Å². The van der Waals surface area contributed by atoms with Crippen molar-refractivity contribution in [3.8, 4) is 0 Å². The van der Waals surface area contributed by atoms with Crippen molar-refractivity contribution in [1.82, 2.24) is 19.7 Å². The largest absolute Gasteiger partial charge is 0.393 e. The van der Waals surface area contributed by atoms with Gasteiger partial charge in [0.2, 0.25) is 0 Å². The van der Waals surface area contributed by atoms with Crippen molar-refractivity contribution in [2.75, 3.05) is 24.6 Å². The summed E-state index contributed by atoms with van der Waals surface area (Å²) in [5.41, 5.74) is 8.10. The number of aliphatic hydroxyl groups excluding tert-OH is 1. The van der Waals surface area contributed by atoms with Crippen LogP contribution >= 0.6 is 22.6 Å². The van der Waals surface area contributed by atoms with Gasteiger partial charge < -0.3 is 20.5 Å². The number of halogens is 1. The molecule has 2 saturated heterocycles. The molecule has 152 valence electrons. The van der Waals surface area contributed by atoms with Gasteiger partial charge in [-0.05, 0) is 73.0 Å². The number of nitrogens with zero attached hydrogens (tertiary/aromatic N) is 5. The summed E-state index contributed by atoms with van der Waals surface area (Å²) in [4.78, 5) is 11.9. The average molecular weight is 498 g/mol. The minimum Gasteiger partial charge on any atom is -0.393 e. The Morgan fingerprint density at radius 1 is 1.29 bits per heavy atom. The minimum atomic E-state index is -0.246. The van der Waals surface area contributed by atoms with E-state index >= 15 is 0 Å². The van der Waals surface area contributed by atoms with Gasteiger partial charge in [-0.15, -0.1) is 0 Å². The molecule has 2 aromatic rings. The molecule has 2 aromatic heterocycles. The predicted octanol–water partition coefficient (Wildman–Crippen LogP) is 2.20. The summed E-state index contributed by atoms with van der Waals surface area (Å²) in [5.74, 6) is 0.892. The van der Waals surface area contributed by atoms with Crippen molar-refractivity contribution >= 4 is 39.6 Å². The Bertz CT molecular complexity index is 859. The van der Waals surface area contributed by atoms with Gasteiger partial charge in [0.15, 0.2) is 15.6 Å². The van der Waals surface area contributed by atoms with Crippen LogP contribution in [0.25, 0.3) is 11.2 Å². The number of aromatic nitrogens is 4. The minimum absolute atomic E-state index is 0.0492. The highest BCUT2D eigenvalue weighted by Gasteiger charge is 2.46. The van der Waals surface area contributed by atoms with Crippen LogP contribution in [0.1, 0.15) is 51.2 Å². The van der Waals surface area contributed by atoms with Crippen LogP contribution in [-0.4, -0.2) is 56.7 Å². The van der Waals surface area contributed by atoms with Crippen LogP contribution in [0.4, 0.5) is 5.82 Å². The van der Waals surface area contributed by atoms with Crippen LogP contribution in [0, 0.1) is 9.12 Å². The lowest BCUT2D eigenvalue weighted by Gasteiger charge is -2.42. The SMILES string of the molecule is N[C@@H]1C[C@@H](O)CC12CCN(c1cnc3c(I)nn(C4CCCCO4)c3n1)CC2. The lowest BCUT2D eigenvalue weighted by molar-refractivity contribution is -0.0372. The molecule has 3 aliphatic rings. The standard InChI is InChI=1S/C19H27IN6O2/c20-17-16-18(26(24-17)15-3-1-2-8-28-15)23-14(11-22-16)25-6-4-19(5-7-25)10-12(27)9-13(19)21/h11-13,15,27H,1-10,21H2/t12-,13-,15?/m1/s1. The summed E-state index contributed by atoms with van der Waals surface area (Å²) in [5, 5.41) is 14.7. The quantitative estimate of drug-likeness (QED) is 0.613. The van der Waals surface area contributed by atoms with Crippen LogP contribution in [0.2, 0.25) is 0 Å². The first-order chi connectivity index (χ1) is 13.6. The molecule has 3 atom stereocenters. The summed E-state index contributed by atoms with van der Waals surface area (Å²) in [6.45, 7) is 2.56. The second-order valence-electron chi connectivity index (χ2n) is 8.51. The summed E-state index contributed by atoms with van der Waals surface area (Å²) in [6, 6.07) is 0.102. The number of aliphatic hydroxyl groups is 1. The fourth-order valence-corrected chi connectivity index (χ4v) is 5.75. The van der Waals surface area contributed by atoms with E-state index in [4.69, 9.17) is 15.5 Å². The number of anilines is 1. The van der Waals surface area contributed by atoms with Crippen LogP contribution in [0.3, 0.4) is 0 Å². The van der Waals surface area contributed by atoms with Crippen molar-refractivity contribution in [2.24, 2.45) is 11.1 Å². The second kappa shape index (κ2) is 7.33. The third-order valence-corrected chi connectivity index (χ3v) is 7.54. The van der Waals surface area contributed by atoms with E-state index in [1.807, 2.05) is 10.9 Å². The summed E-state index contributed by atoms with van der Waals surface area (Å²) < 4.78 is 8.72. The van der Waals surface area contributed by atoms with Gasteiger partial charge in [-0.2, -0.15) is 5.10 Å². The maximum absolute atomic E-state index is 10.0. The van der Waals surface area contributed by atoms with Crippen molar-refractivity contribution in [3.05, 3.63) is 9.90 Å². The molecule has 1 saturated carbocycles. The van der Waals surface area contributed by atoms with E-state index in [0.29, 0.717) is 0 Å². The van der Waals surface area contributed by atoms with Crippen LogP contribution in [0.15, 0.2) is 6.20 Å². The Kier molecular flexibility index (Phi) is 4.96. The number of hydrogen-bond acceptors (Lipinski definition) is 7. The van der Waals surface area contributed by atoms with E-state index < -0.39 is 0 Å². The van der Waals surface area contributed by atoms with Crippen LogP contribution < -0.4 is 10.6 Å². The molecule has 2 aliphatic heterocycles. The highest BCUT2D eigenvalue weighted by Crippen LogP contribution is 2.46. The van der Waals surface area contributed by atoms with E-state index in [-0.39, 0.29) is 23.8 Å². The smallest absolute Gasteiger partial charge is 0.182 e. The molecule has 1 aliphatic carbocycles. The number of nitrogens with two attached hydrogens (primary N) is 1. The number of rotatable bonds is 2. The average Bonchev–Trinajstić information content (AvgIpc) is 3.19. The van der Waals surface area contributed by atoms with Gasteiger partial charge in [-0.1, -0.05) is 0 Å². The van der Waals surface area contributed by atoms with Gasteiger partial charge >= 0.3 is 0 Å². The number of ether oxygens (including phenoxy) is 1. The molecule has 0 radical (unpaired) electrons. The molecule has 4 heterocycles. The Balaban J connectivity index is 1.39. The van der Waals surface area contributed by atoms with E-state index in [2.05, 4.69) is 37.6 Å². The lowest BCUT2D eigenvalue weighted by atomic mass is 9.74. The zero-order valence-corrected chi connectivity index (χ0v) is 18.1. The summed E-state index contributed by atoms with van der Waals surface area (Å²) in [7, 11) is 0. The van der Waals surface area contributed by atoms with Crippen molar-refractivity contribution < 1.29 is 9.84 Å². The molecule has 1 spiro atoms. The van der Waals surface area contributed by atoms with Crippen molar-refractivity contribution in [1.29, 1.82) is 0 Å². The highest BCUT2D eigenvalue weighted by atomic mass is 127. The summed E-state index contributed by atoms with van der Waals surface area (Å²) in [6.07, 6.45) is 8.33. The molecule has 0 bridgehead atoms. The maximum atomic E-state index is 10.0. The van der Waals surface area contributed by atoms with Gasteiger partial charge in [0.05, 0.1) is 12.3 Å². The molecular formula is C19H27IN6O2. The summed E-state index contributed by atoms with van der Waals surface area (Å²) >= 11 is 2.23. The molecule has 5 rings (SSSR count). The first kappa shape index (κ1) is 19.0. The van der Waals surface area contributed by atoms with Crippen LogP contribution in [-0.2, 0) is 4.74 Å². The predicted molar refractivity (Wildman–Crippen MR) is 114 cm³/mol. The fourth-order valence-electron chi connectivity index (χ4n) is 5.14. The van der Waals surface area contributed by atoms with Gasteiger partial charge in [0.1, 0.15) is 11.3 Å². The lowest BCUT2D eigenvalue weighted by Crippen LogP contribution is -2.47. The van der Waals surface area contributed by atoms with E-state index in [1.54, 1.807) is 0 Å². The first-order valence-corrected chi connectivity index (χ1v) is 11.3. The van der Waals surface area contributed by atoms with Gasteiger partial charge in [-0.3, -0.25) is 0 Å². The Hall–Kier alpha value is -1.04. The Morgan fingerprint density at radius 2 is 2.11 bits per heavy atom. The van der Waals surface area contributed by atoms with Gasteiger partial charge in [0, 0.05) is 25.7 Å². The van der Waals surface area contributed by atoms with E-state index in [0.717, 1.165) is 85.3 Å². The highest BCUT2D eigenvalue weighted by molar-refractivity contribution is 14.1. The molecule has 0 amide bonds. The van der Waals surface area contributed by atoms with Crippen LogP contribution in [0.5, 0.6) is 0 Å². The topological polar surface area (TPSA) is 102 Å². The van der Waals surface area contributed by atoms with Crippen molar-refractivity contribution in [3.63, 3.8) is 0 Å². The fraction of sp³-hybridized carbons (Fsp3) is 0.737. The Morgan fingerprint density at radius 3 is 2.79 bits per heavy atom. The zero-order valence-electron chi connectivity index (χ0n) is 15.9. The number of fused-ring (bicyclic) bond motifs is 1. The molecule has 1 unspecified atom stereocenters. The van der Waals surface area contributed by atoms with E-state index in [1.165, 1.54) is 0 Å². The van der Waals surface area contributed by atoms with E-state index in [9.17, 15) is 5.11 Å². The first-order valence-electron chi connectivity index (χ1n) is 10.3. The monoisotopic (exact) mass is 498 g/mol. The third kappa shape index (κ3) is 3.20. The number of hydrogen-bond donors (Lipinski definition) is 2. The normalized spacial score (nSPS) is 30.4. The molecule has 9 heteroatoms. The number of piperidine rings is 1.